The Morgan fingerprint density at radius 1 is 1.00 bits per heavy atom. The SMILES string of the molecule is CC(=O)NC1CCN(C(=O)C2CCN(S(=O)(=O)c3ccc(Cl)cc3)CC2)CC1. The molecule has 1 aromatic carbocycles. The van der Waals surface area contributed by atoms with E-state index in [0.29, 0.717) is 44.0 Å². The fourth-order valence-electron chi connectivity index (χ4n) is 3.89. The van der Waals surface area contributed by atoms with Gasteiger partial charge in [-0.15, -0.1) is 0 Å². The summed E-state index contributed by atoms with van der Waals surface area (Å²) in [4.78, 5) is 26.0. The predicted octanol–water partition coefficient (Wildman–Crippen LogP) is 1.87. The summed E-state index contributed by atoms with van der Waals surface area (Å²) in [7, 11) is -3.56. The quantitative estimate of drug-likeness (QED) is 0.794. The average molecular weight is 428 g/mol. The Balaban J connectivity index is 1.53. The summed E-state index contributed by atoms with van der Waals surface area (Å²) in [5.74, 6) is -0.0853. The van der Waals surface area contributed by atoms with Crippen molar-refractivity contribution in [2.24, 2.45) is 5.92 Å². The Bertz CT molecular complexity index is 812. The Morgan fingerprint density at radius 3 is 2.11 bits per heavy atom. The summed E-state index contributed by atoms with van der Waals surface area (Å²) in [5.41, 5.74) is 0. The van der Waals surface area contributed by atoms with Crippen LogP contribution in [0.2, 0.25) is 5.02 Å². The van der Waals surface area contributed by atoms with Crippen LogP contribution < -0.4 is 5.32 Å². The van der Waals surface area contributed by atoms with Gasteiger partial charge in [0.1, 0.15) is 0 Å². The van der Waals surface area contributed by atoms with E-state index in [0.717, 1.165) is 12.8 Å². The van der Waals surface area contributed by atoms with Gasteiger partial charge < -0.3 is 10.2 Å². The Kier molecular flexibility index (Phi) is 6.62. The molecule has 28 heavy (non-hydrogen) atoms. The first-order chi connectivity index (χ1) is 13.3. The number of piperidine rings is 2. The molecule has 2 aliphatic rings. The molecule has 0 atom stereocenters. The zero-order valence-electron chi connectivity index (χ0n) is 15.9. The standard InChI is InChI=1S/C19H26ClN3O4S/c1-14(24)21-17-8-10-22(11-9-17)19(25)15-6-12-23(13-7-15)28(26,27)18-4-2-16(20)3-5-18/h2-5,15,17H,6-13H2,1H3,(H,21,24). The smallest absolute Gasteiger partial charge is 0.243 e. The molecule has 0 aromatic heterocycles. The van der Waals surface area contributed by atoms with Crippen molar-refractivity contribution in [3.63, 3.8) is 0 Å². The van der Waals surface area contributed by atoms with Crippen molar-refractivity contribution in [2.45, 2.75) is 43.5 Å². The first-order valence-corrected chi connectivity index (χ1v) is 11.4. The number of nitrogens with one attached hydrogen (secondary N) is 1. The van der Waals surface area contributed by atoms with E-state index in [-0.39, 0.29) is 28.7 Å². The van der Waals surface area contributed by atoms with E-state index in [1.165, 1.54) is 23.4 Å². The third-order valence-electron chi connectivity index (χ3n) is 5.47. The predicted molar refractivity (Wildman–Crippen MR) is 106 cm³/mol. The zero-order valence-corrected chi connectivity index (χ0v) is 17.5. The maximum atomic E-state index is 12.8. The van der Waals surface area contributed by atoms with Crippen LogP contribution in [-0.2, 0) is 19.6 Å². The highest BCUT2D eigenvalue weighted by molar-refractivity contribution is 7.89. The fourth-order valence-corrected chi connectivity index (χ4v) is 5.48. The molecular formula is C19H26ClN3O4S. The molecule has 2 fully saturated rings. The van der Waals surface area contributed by atoms with E-state index in [9.17, 15) is 18.0 Å². The normalized spacial score (nSPS) is 20.1. The summed E-state index contributed by atoms with van der Waals surface area (Å²) in [6.07, 6.45) is 2.57. The monoisotopic (exact) mass is 427 g/mol. The molecule has 0 radical (unpaired) electrons. The van der Waals surface area contributed by atoms with Gasteiger partial charge in [-0.1, -0.05) is 11.6 Å². The van der Waals surface area contributed by atoms with Gasteiger partial charge in [0.05, 0.1) is 4.90 Å². The number of likely N-dealkylation sites (tertiary alicyclic amines) is 1. The molecule has 2 amide bonds. The van der Waals surface area contributed by atoms with Crippen LogP contribution in [0.5, 0.6) is 0 Å². The van der Waals surface area contributed by atoms with Gasteiger partial charge >= 0.3 is 0 Å². The second-order valence-electron chi connectivity index (χ2n) is 7.43. The van der Waals surface area contributed by atoms with Gasteiger partial charge in [0.15, 0.2) is 0 Å². The minimum absolute atomic E-state index is 0.0426. The van der Waals surface area contributed by atoms with Crippen LogP contribution in [0, 0.1) is 5.92 Å². The zero-order chi connectivity index (χ0) is 20.3. The molecule has 0 aliphatic carbocycles. The van der Waals surface area contributed by atoms with Crippen molar-refractivity contribution in [3.05, 3.63) is 29.3 Å². The van der Waals surface area contributed by atoms with Crippen LogP contribution in [0.4, 0.5) is 0 Å². The first kappa shape index (κ1) is 21.1. The number of benzene rings is 1. The van der Waals surface area contributed by atoms with E-state index < -0.39 is 10.0 Å². The maximum absolute atomic E-state index is 12.8. The molecule has 2 heterocycles. The number of sulfonamides is 1. The fraction of sp³-hybridized carbons (Fsp3) is 0.579. The van der Waals surface area contributed by atoms with Gasteiger partial charge in [-0.3, -0.25) is 9.59 Å². The van der Waals surface area contributed by atoms with Crippen molar-refractivity contribution in [3.8, 4) is 0 Å². The van der Waals surface area contributed by atoms with E-state index in [1.807, 2.05) is 4.90 Å². The molecule has 9 heteroatoms. The molecule has 7 nitrogen and oxygen atoms in total. The largest absolute Gasteiger partial charge is 0.353 e. The second-order valence-corrected chi connectivity index (χ2v) is 9.81. The molecule has 3 rings (SSSR count). The van der Waals surface area contributed by atoms with Crippen molar-refractivity contribution in [1.29, 1.82) is 0 Å². The molecular weight excluding hydrogens is 402 g/mol. The highest BCUT2D eigenvalue weighted by Gasteiger charge is 2.34. The number of amides is 2. The minimum Gasteiger partial charge on any atom is -0.353 e. The van der Waals surface area contributed by atoms with Crippen LogP contribution in [-0.4, -0.2) is 61.7 Å². The average Bonchev–Trinajstić information content (AvgIpc) is 2.68. The minimum atomic E-state index is -3.56. The van der Waals surface area contributed by atoms with Gasteiger partial charge in [0, 0.05) is 50.1 Å². The number of rotatable bonds is 4. The van der Waals surface area contributed by atoms with E-state index in [1.54, 1.807) is 12.1 Å². The highest BCUT2D eigenvalue weighted by atomic mass is 35.5. The van der Waals surface area contributed by atoms with Gasteiger partial charge in [-0.25, -0.2) is 8.42 Å². The molecule has 154 valence electrons. The third kappa shape index (κ3) is 4.85. The third-order valence-corrected chi connectivity index (χ3v) is 7.63. The van der Waals surface area contributed by atoms with Crippen molar-refractivity contribution in [1.82, 2.24) is 14.5 Å². The topological polar surface area (TPSA) is 86.8 Å². The molecule has 2 saturated heterocycles. The first-order valence-electron chi connectivity index (χ1n) is 9.59. The van der Waals surface area contributed by atoms with Crippen LogP contribution in [0.3, 0.4) is 0 Å². The van der Waals surface area contributed by atoms with Crippen molar-refractivity contribution < 1.29 is 18.0 Å². The number of carbonyl (C=O) groups excluding carboxylic acids is 2. The van der Waals surface area contributed by atoms with Crippen molar-refractivity contribution in [2.75, 3.05) is 26.2 Å². The maximum Gasteiger partial charge on any atom is 0.243 e. The van der Waals surface area contributed by atoms with E-state index in [2.05, 4.69) is 5.32 Å². The lowest BCUT2D eigenvalue weighted by atomic mass is 9.95. The Labute approximate surface area is 171 Å². The lowest BCUT2D eigenvalue weighted by Crippen LogP contribution is -2.49. The lowest BCUT2D eigenvalue weighted by Gasteiger charge is -2.37. The Morgan fingerprint density at radius 2 is 1.57 bits per heavy atom. The van der Waals surface area contributed by atoms with Gasteiger partial charge in [-0.2, -0.15) is 4.31 Å². The lowest BCUT2D eigenvalue weighted by molar-refractivity contribution is -0.137. The summed E-state index contributed by atoms with van der Waals surface area (Å²) >= 11 is 5.84. The number of nitrogens with zero attached hydrogens (tertiary/aromatic N) is 2. The number of hydrogen-bond acceptors (Lipinski definition) is 4. The van der Waals surface area contributed by atoms with Crippen LogP contribution in [0.1, 0.15) is 32.6 Å². The van der Waals surface area contributed by atoms with Crippen LogP contribution in [0.15, 0.2) is 29.2 Å². The summed E-state index contributed by atoms with van der Waals surface area (Å²) in [5, 5.41) is 3.39. The number of hydrogen-bond donors (Lipinski definition) is 1. The highest BCUT2D eigenvalue weighted by Crippen LogP contribution is 2.26. The molecule has 0 bridgehead atoms. The molecule has 0 saturated carbocycles. The number of carbonyl (C=O) groups is 2. The summed E-state index contributed by atoms with van der Waals surface area (Å²) in [6, 6.07) is 6.28. The second kappa shape index (κ2) is 8.80. The van der Waals surface area contributed by atoms with E-state index in [4.69, 9.17) is 11.6 Å². The molecule has 1 N–H and O–H groups in total. The van der Waals surface area contributed by atoms with Crippen LogP contribution in [0.25, 0.3) is 0 Å². The van der Waals surface area contributed by atoms with Crippen LogP contribution >= 0.6 is 11.6 Å². The van der Waals surface area contributed by atoms with E-state index >= 15 is 0 Å². The van der Waals surface area contributed by atoms with Gasteiger partial charge in [0.25, 0.3) is 0 Å². The molecule has 1 aromatic rings. The molecule has 0 spiro atoms. The van der Waals surface area contributed by atoms with Gasteiger partial charge in [0.2, 0.25) is 21.8 Å². The van der Waals surface area contributed by atoms with Gasteiger partial charge in [-0.05, 0) is 49.9 Å². The molecule has 2 aliphatic heterocycles. The molecule has 0 unspecified atom stereocenters. The Hall–Kier alpha value is -1.64. The summed E-state index contributed by atoms with van der Waals surface area (Å²) in [6.45, 7) is 3.44. The number of halogens is 1. The summed E-state index contributed by atoms with van der Waals surface area (Å²) < 4.78 is 27.0. The van der Waals surface area contributed by atoms with Crippen molar-refractivity contribution >= 4 is 33.4 Å².